The van der Waals surface area contributed by atoms with Crippen LogP contribution in [0, 0.1) is 0 Å². The lowest BCUT2D eigenvalue weighted by molar-refractivity contribution is 0.573. The lowest BCUT2D eigenvalue weighted by Gasteiger charge is -2.29. The van der Waals surface area contributed by atoms with Crippen LogP contribution >= 0.6 is 12.2 Å². The Morgan fingerprint density at radius 1 is 0.812 bits per heavy atom. The average molecular weight is 445 g/mol. The van der Waals surface area contributed by atoms with Gasteiger partial charge in [-0.25, -0.2) is 0 Å². The molecule has 1 fully saturated rings. The minimum absolute atomic E-state index is 0.528. The number of hydrogen-bond donors (Lipinski definition) is 2. The van der Waals surface area contributed by atoms with E-state index in [-0.39, 0.29) is 0 Å². The zero-order chi connectivity index (χ0) is 21.8. The Morgan fingerprint density at radius 3 is 2.12 bits per heavy atom. The molecule has 3 heterocycles. The number of nitrogens with one attached hydrogen (secondary N) is 2. The number of fused-ring (bicyclic) bond motifs is 1. The zero-order valence-electron chi connectivity index (χ0n) is 18.1. The van der Waals surface area contributed by atoms with Crippen LogP contribution in [0.3, 0.4) is 0 Å². The maximum Gasteiger partial charge on any atom is 0.232 e. The number of hydrogen-bond acceptors (Lipinski definition) is 5. The third-order valence-electron chi connectivity index (χ3n) is 6.07. The van der Waals surface area contributed by atoms with Crippen molar-refractivity contribution >= 4 is 34.9 Å². The van der Waals surface area contributed by atoms with Crippen molar-refractivity contribution in [1.29, 1.82) is 0 Å². The minimum atomic E-state index is 0.528. The van der Waals surface area contributed by atoms with Gasteiger partial charge in [-0.2, -0.15) is 9.97 Å². The molecule has 2 aliphatic rings. The summed E-state index contributed by atoms with van der Waals surface area (Å²) in [7, 11) is 0. The third-order valence-corrected chi connectivity index (χ3v) is 6.31. The van der Waals surface area contributed by atoms with Crippen molar-refractivity contribution in [2.45, 2.75) is 38.9 Å². The largest absolute Gasteiger partial charge is 0.358 e. The van der Waals surface area contributed by atoms with Crippen LogP contribution < -0.4 is 20.4 Å². The number of benzene rings is 2. The van der Waals surface area contributed by atoms with E-state index < -0.39 is 0 Å². The Labute approximate surface area is 194 Å². The van der Waals surface area contributed by atoms with Crippen LogP contribution in [0.25, 0.3) is 0 Å². The standard InChI is InChI=1S/C25H28N6S/c32-25(26-16-19-9-3-1-4-10-19)29-24-27-22(30-13-7-2-8-14-30)15-23(28-24)31-17-20-11-5-6-12-21(20)18-31/h1,3-6,9-12,15H,2,7-8,13-14,16-18H2,(H2,26,27,28,29,32). The van der Waals surface area contributed by atoms with Gasteiger partial charge in [0.2, 0.25) is 5.95 Å². The molecule has 3 aromatic rings. The molecular formula is C25H28N6S. The Bertz CT molecular complexity index is 1060. The van der Waals surface area contributed by atoms with Crippen molar-refractivity contribution in [3.63, 3.8) is 0 Å². The molecule has 0 spiro atoms. The molecule has 0 atom stereocenters. The van der Waals surface area contributed by atoms with Crippen LogP contribution in [-0.4, -0.2) is 28.2 Å². The molecule has 164 valence electrons. The third kappa shape index (κ3) is 4.83. The first-order chi connectivity index (χ1) is 15.7. The summed E-state index contributed by atoms with van der Waals surface area (Å²) in [4.78, 5) is 14.3. The number of piperidine rings is 1. The van der Waals surface area contributed by atoms with Gasteiger partial charge >= 0.3 is 0 Å². The van der Waals surface area contributed by atoms with E-state index in [1.807, 2.05) is 18.2 Å². The molecule has 1 saturated heterocycles. The quantitative estimate of drug-likeness (QED) is 0.563. The van der Waals surface area contributed by atoms with Gasteiger partial charge < -0.3 is 20.4 Å². The molecule has 32 heavy (non-hydrogen) atoms. The second kappa shape index (κ2) is 9.53. The fourth-order valence-electron chi connectivity index (χ4n) is 4.34. The molecule has 0 aliphatic carbocycles. The lowest BCUT2D eigenvalue weighted by Crippen LogP contribution is -2.32. The highest BCUT2D eigenvalue weighted by molar-refractivity contribution is 7.80. The molecule has 2 N–H and O–H groups in total. The molecule has 6 nitrogen and oxygen atoms in total. The molecule has 0 amide bonds. The van der Waals surface area contributed by atoms with Gasteiger partial charge in [0.15, 0.2) is 5.11 Å². The van der Waals surface area contributed by atoms with Gasteiger partial charge in [-0.1, -0.05) is 54.6 Å². The minimum Gasteiger partial charge on any atom is -0.358 e. The van der Waals surface area contributed by atoms with Gasteiger partial charge in [0.25, 0.3) is 0 Å². The highest BCUT2D eigenvalue weighted by Crippen LogP contribution is 2.30. The molecule has 2 aliphatic heterocycles. The lowest BCUT2D eigenvalue weighted by atomic mass is 10.1. The van der Waals surface area contributed by atoms with E-state index in [1.54, 1.807) is 0 Å². The highest BCUT2D eigenvalue weighted by atomic mass is 32.1. The molecule has 2 aromatic carbocycles. The number of nitrogens with zero attached hydrogens (tertiary/aromatic N) is 4. The molecule has 0 unspecified atom stereocenters. The van der Waals surface area contributed by atoms with Gasteiger partial charge in [-0.15, -0.1) is 0 Å². The fraction of sp³-hybridized carbons (Fsp3) is 0.320. The zero-order valence-corrected chi connectivity index (χ0v) is 18.9. The van der Waals surface area contributed by atoms with E-state index in [9.17, 15) is 0 Å². The molecule has 1 aromatic heterocycles. The Balaban J connectivity index is 1.35. The summed E-state index contributed by atoms with van der Waals surface area (Å²) in [6.07, 6.45) is 3.69. The maximum absolute atomic E-state index is 5.54. The van der Waals surface area contributed by atoms with Crippen LogP contribution in [0.5, 0.6) is 0 Å². The summed E-state index contributed by atoms with van der Waals surface area (Å²) in [5.41, 5.74) is 3.90. The van der Waals surface area contributed by atoms with Crippen molar-refractivity contribution in [2.24, 2.45) is 0 Å². The second-order valence-electron chi connectivity index (χ2n) is 8.37. The van der Waals surface area contributed by atoms with Crippen LogP contribution in [0.2, 0.25) is 0 Å². The molecule has 5 rings (SSSR count). The summed E-state index contributed by atoms with van der Waals surface area (Å²) in [5, 5.41) is 7.01. The van der Waals surface area contributed by atoms with E-state index in [1.165, 1.54) is 36.0 Å². The molecule has 0 bridgehead atoms. The summed E-state index contributed by atoms with van der Waals surface area (Å²) < 4.78 is 0. The van der Waals surface area contributed by atoms with Crippen molar-refractivity contribution in [3.8, 4) is 0 Å². The van der Waals surface area contributed by atoms with Crippen LogP contribution in [0.4, 0.5) is 17.6 Å². The normalized spacial score (nSPS) is 15.4. The van der Waals surface area contributed by atoms with E-state index in [0.717, 1.165) is 37.8 Å². The van der Waals surface area contributed by atoms with Gasteiger partial charge in [-0.05, 0) is 48.2 Å². The van der Waals surface area contributed by atoms with E-state index in [0.29, 0.717) is 17.6 Å². The summed E-state index contributed by atoms with van der Waals surface area (Å²) >= 11 is 5.54. The predicted octanol–water partition coefficient (Wildman–Crippen LogP) is 4.47. The Hall–Kier alpha value is -3.19. The summed E-state index contributed by atoms with van der Waals surface area (Å²) in [5.74, 6) is 2.45. The average Bonchev–Trinajstić information content (AvgIpc) is 3.28. The van der Waals surface area contributed by atoms with E-state index in [4.69, 9.17) is 22.2 Å². The highest BCUT2D eigenvalue weighted by Gasteiger charge is 2.22. The van der Waals surface area contributed by atoms with Gasteiger partial charge in [0, 0.05) is 38.8 Å². The van der Waals surface area contributed by atoms with Crippen molar-refractivity contribution < 1.29 is 0 Å². The molecule has 0 saturated carbocycles. The number of anilines is 3. The van der Waals surface area contributed by atoms with E-state index in [2.05, 4.69) is 62.9 Å². The summed E-state index contributed by atoms with van der Waals surface area (Å²) in [6, 6.07) is 20.9. The molecular weight excluding hydrogens is 416 g/mol. The molecule has 7 heteroatoms. The van der Waals surface area contributed by atoms with E-state index >= 15 is 0 Å². The first kappa shape index (κ1) is 20.7. The smallest absolute Gasteiger partial charge is 0.232 e. The van der Waals surface area contributed by atoms with Crippen LogP contribution in [-0.2, 0) is 19.6 Å². The number of rotatable bonds is 5. The summed E-state index contributed by atoms with van der Waals surface area (Å²) in [6.45, 7) is 4.46. The van der Waals surface area contributed by atoms with Gasteiger partial charge in [0.1, 0.15) is 11.6 Å². The Kier molecular flexibility index (Phi) is 6.16. The van der Waals surface area contributed by atoms with Gasteiger partial charge in [0.05, 0.1) is 0 Å². The van der Waals surface area contributed by atoms with Crippen molar-refractivity contribution in [3.05, 3.63) is 77.4 Å². The SMILES string of the molecule is S=C(NCc1ccccc1)Nc1nc(N2CCCCC2)cc(N2Cc3ccccc3C2)n1. The second-order valence-corrected chi connectivity index (χ2v) is 8.78. The number of aromatic nitrogens is 2. The predicted molar refractivity (Wildman–Crippen MR) is 134 cm³/mol. The monoisotopic (exact) mass is 444 g/mol. The van der Waals surface area contributed by atoms with Gasteiger partial charge in [-0.3, -0.25) is 0 Å². The first-order valence-electron chi connectivity index (χ1n) is 11.3. The first-order valence-corrected chi connectivity index (χ1v) is 11.7. The number of thiocarbonyl (C=S) groups is 1. The maximum atomic E-state index is 5.54. The van der Waals surface area contributed by atoms with Crippen LogP contribution in [0.15, 0.2) is 60.7 Å². The van der Waals surface area contributed by atoms with Crippen molar-refractivity contribution in [2.75, 3.05) is 28.2 Å². The molecule has 0 radical (unpaired) electrons. The van der Waals surface area contributed by atoms with Crippen LogP contribution in [0.1, 0.15) is 36.0 Å². The van der Waals surface area contributed by atoms with Crippen molar-refractivity contribution in [1.82, 2.24) is 15.3 Å². The fourth-order valence-corrected chi connectivity index (χ4v) is 4.51. The topological polar surface area (TPSA) is 56.3 Å². The Morgan fingerprint density at radius 2 is 1.44 bits per heavy atom.